The first-order valence-electron chi connectivity index (χ1n) is 6.08. The maximum atomic E-state index is 6.10. The van der Waals surface area contributed by atoms with E-state index >= 15 is 0 Å². The average Bonchev–Trinajstić information content (AvgIpc) is 2.68. The van der Waals surface area contributed by atoms with E-state index < -0.39 is 0 Å². The Kier molecular flexibility index (Phi) is 2.74. The Morgan fingerprint density at radius 3 is 2.88 bits per heavy atom. The fraction of sp³-hybridized carbons (Fsp3) is 0.462. The molecular weight excluding hydrogens is 230 g/mol. The Bertz CT molecular complexity index is 541. The molecule has 0 atom stereocenters. The van der Waals surface area contributed by atoms with Crippen LogP contribution in [0.5, 0.6) is 0 Å². The van der Waals surface area contributed by atoms with Crippen molar-refractivity contribution in [2.75, 3.05) is 17.2 Å². The van der Waals surface area contributed by atoms with Gasteiger partial charge in [0.25, 0.3) is 0 Å². The van der Waals surface area contributed by atoms with Crippen molar-refractivity contribution in [1.29, 1.82) is 0 Å². The molecule has 17 heavy (non-hydrogen) atoms. The molecule has 1 aliphatic heterocycles. The van der Waals surface area contributed by atoms with Crippen LogP contribution in [-0.4, -0.2) is 21.1 Å². The van der Waals surface area contributed by atoms with Gasteiger partial charge < -0.3 is 10.3 Å². The van der Waals surface area contributed by atoms with E-state index in [-0.39, 0.29) is 0 Å². The van der Waals surface area contributed by atoms with Gasteiger partial charge in [-0.05, 0) is 42.9 Å². The molecule has 1 aromatic carbocycles. The molecule has 3 nitrogen and oxygen atoms in total. The number of nitrogens with two attached hydrogens (primary N) is 1. The van der Waals surface area contributed by atoms with Crippen LogP contribution in [0, 0.1) is 6.92 Å². The normalized spacial score (nSPS) is 17.7. The van der Waals surface area contributed by atoms with Gasteiger partial charge in [-0.3, -0.25) is 0 Å². The monoisotopic (exact) mass is 247 g/mol. The number of imidazole rings is 1. The van der Waals surface area contributed by atoms with E-state index in [2.05, 4.69) is 22.5 Å². The number of aryl methyl sites for hydroxylation is 1. The molecule has 1 fully saturated rings. The van der Waals surface area contributed by atoms with Gasteiger partial charge >= 0.3 is 0 Å². The summed E-state index contributed by atoms with van der Waals surface area (Å²) in [5, 5.41) is 0. The Hall–Kier alpha value is -1.16. The molecule has 3 rings (SSSR count). The average molecular weight is 247 g/mol. The second-order valence-corrected chi connectivity index (χ2v) is 5.85. The number of nitrogen functional groups attached to an aromatic ring is 1. The number of anilines is 1. The van der Waals surface area contributed by atoms with E-state index in [1.807, 2.05) is 23.9 Å². The number of hydrogen-bond donors (Lipinski definition) is 1. The van der Waals surface area contributed by atoms with E-state index in [1.54, 1.807) is 0 Å². The third-order valence-electron chi connectivity index (χ3n) is 3.50. The number of rotatable bonds is 1. The molecule has 2 aromatic rings. The predicted molar refractivity (Wildman–Crippen MR) is 74.5 cm³/mol. The van der Waals surface area contributed by atoms with Gasteiger partial charge in [-0.25, -0.2) is 4.98 Å². The lowest BCUT2D eigenvalue weighted by atomic mass is 10.1. The number of hydrogen-bond acceptors (Lipinski definition) is 3. The van der Waals surface area contributed by atoms with E-state index in [0.717, 1.165) is 5.52 Å². The van der Waals surface area contributed by atoms with E-state index in [0.29, 0.717) is 12.0 Å². The van der Waals surface area contributed by atoms with Crippen molar-refractivity contribution in [1.82, 2.24) is 9.55 Å². The van der Waals surface area contributed by atoms with Crippen molar-refractivity contribution in [3.63, 3.8) is 0 Å². The van der Waals surface area contributed by atoms with Crippen molar-refractivity contribution in [3.05, 3.63) is 23.8 Å². The number of benzene rings is 1. The maximum absolute atomic E-state index is 6.10. The standard InChI is InChI=1S/C13H17N3S/c1-9-3-2-4-11-12(9)16(13(14)15-11)10-5-7-17-8-6-10/h2-4,10H,5-8H2,1H3,(H2,14,15). The van der Waals surface area contributed by atoms with Crippen LogP contribution in [0.2, 0.25) is 0 Å². The lowest BCUT2D eigenvalue weighted by Gasteiger charge is -2.24. The minimum absolute atomic E-state index is 0.530. The van der Waals surface area contributed by atoms with Gasteiger partial charge in [-0.1, -0.05) is 12.1 Å². The number of aromatic nitrogens is 2. The molecular formula is C13H17N3S. The molecule has 1 aliphatic rings. The highest BCUT2D eigenvalue weighted by molar-refractivity contribution is 7.99. The number of fused-ring (bicyclic) bond motifs is 1. The van der Waals surface area contributed by atoms with Crippen LogP contribution in [0.3, 0.4) is 0 Å². The zero-order valence-electron chi connectivity index (χ0n) is 10.0. The van der Waals surface area contributed by atoms with Gasteiger partial charge in [0, 0.05) is 6.04 Å². The van der Waals surface area contributed by atoms with Crippen LogP contribution in [0.25, 0.3) is 11.0 Å². The highest BCUT2D eigenvalue weighted by atomic mass is 32.2. The van der Waals surface area contributed by atoms with Crippen LogP contribution in [0.4, 0.5) is 5.95 Å². The summed E-state index contributed by atoms with van der Waals surface area (Å²) >= 11 is 2.04. The molecule has 0 saturated carbocycles. The predicted octanol–water partition coefficient (Wildman–Crippen LogP) is 3.00. The number of para-hydroxylation sites is 1. The van der Waals surface area contributed by atoms with Crippen LogP contribution in [0.15, 0.2) is 18.2 Å². The smallest absolute Gasteiger partial charge is 0.201 e. The summed E-state index contributed by atoms with van der Waals surface area (Å²) in [5.41, 5.74) is 9.62. The zero-order valence-corrected chi connectivity index (χ0v) is 10.8. The first kappa shape index (κ1) is 11.0. The molecule has 0 aliphatic carbocycles. The summed E-state index contributed by atoms with van der Waals surface area (Å²) in [4.78, 5) is 4.48. The van der Waals surface area contributed by atoms with Gasteiger partial charge in [0.05, 0.1) is 11.0 Å². The summed E-state index contributed by atoms with van der Waals surface area (Å²) in [6.07, 6.45) is 2.41. The van der Waals surface area contributed by atoms with Gasteiger partial charge in [0.2, 0.25) is 5.95 Å². The van der Waals surface area contributed by atoms with Crippen LogP contribution in [-0.2, 0) is 0 Å². The van der Waals surface area contributed by atoms with Gasteiger partial charge in [-0.2, -0.15) is 11.8 Å². The lowest BCUT2D eigenvalue weighted by Crippen LogP contribution is -2.17. The maximum Gasteiger partial charge on any atom is 0.201 e. The van der Waals surface area contributed by atoms with Crippen LogP contribution < -0.4 is 5.73 Å². The molecule has 4 heteroatoms. The molecule has 1 aromatic heterocycles. The summed E-state index contributed by atoms with van der Waals surface area (Å²) in [5.74, 6) is 3.14. The fourth-order valence-electron chi connectivity index (χ4n) is 2.65. The number of nitrogens with zero attached hydrogens (tertiary/aromatic N) is 2. The number of thioether (sulfide) groups is 1. The molecule has 90 valence electrons. The van der Waals surface area contributed by atoms with Crippen molar-refractivity contribution >= 4 is 28.7 Å². The summed E-state index contributed by atoms with van der Waals surface area (Å²) in [6, 6.07) is 6.76. The Morgan fingerprint density at radius 2 is 2.12 bits per heavy atom. The lowest BCUT2D eigenvalue weighted by molar-refractivity contribution is 0.486. The fourth-order valence-corrected chi connectivity index (χ4v) is 3.73. The Balaban J connectivity index is 2.16. The minimum atomic E-state index is 0.530. The quantitative estimate of drug-likeness (QED) is 0.842. The SMILES string of the molecule is Cc1cccc2nc(N)n(C3CCSCC3)c12. The van der Waals surface area contributed by atoms with Gasteiger partial charge in [0.15, 0.2) is 0 Å². The first-order valence-corrected chi connectivity index (χ1v) is 7.23. The van der Waals surface area contributed by atoms with Gasteiger partial charge in [-0.15, -0.1) is 0 Å². The van der Waals surface area contributed by atoms with Crippen LogP contribution >= 0.6 is 11.8 Å². The first-order chi connectivity index (χ1) is 8.27. The van der Waals surface area contributed by atoms with E-state index in [4.69, 9.17) is 5.73 Å². The summed E-state index contributed by atoms with van der Waals surface area (Å²) in [7, 11) is 0. The third kappa shape index (κ3) is 1.80. The second-order valence-electron chi connectivity index (χ2n) is 4.63. The summed E-state index contributed by atoms with van der Waals surface area (Å²) < 4.78 is 2.25. The van der Waals surface area contributed by atoms with E-state index in [9.17, 15) is 0 Å². The molecule has 2 N–H and O–H groups in total. The van der Waals surface area contributed by atoms with Crippen molar-refractivity contribution in [2.24, 2.45) is 0 Å². The highest BCUT2D eigenvalue weighted by Crippen LogP contribution is 2.33. The largest absolute Gasteiger partial charge is 0.369 e. The van der Waals surface area contributed by atoms with Crippen molar-refractivity contribution in [2.45, 2.75) is 25.8 Å². The molecule has 0 unspecified atom stereocenters. The molecule has 1 saturated heterocycles. The van der Waals surface area contributed by atoms with Crippen molar-refractivity contribution < 1.29 is 0 Å². The van der Waals surface area contributed by atoms with E-state index in [1.165, 1.54) is 35.4 Å². The van der Waals surface area contributed by atoms with Gasteiger partial charge in [0.1, 0.15) is 0 Å². The Labute approximate surface area is 105 Å². The highest BCUT2D eigenvalue weighted by Gasteiger charge is 2.21. The zero-order chi connectivity index (χ0) is 11.8. The topological polar surface area (TPSA) is 43.8 Å². The second kappa shape index (κ2) is 4.26. The third-order valence-corrected chi connectivity index (χ3v) is 4.54. The van der Waals surface area contributed by atoms with Crippen LogP contribution in [0.1, 0.15) is 24.4 Å². The molecule has 2 heterocycles. The summed E-state index contributed by atoms with van der Waals surface area (Å²) in [6.45, 7) is 2.14. The Morgan fingerprint density at radius 1 is 1.35 bits per heavy atom. The minimum Gasteiger partial charge on any atom is -0.369 e. The van der Waals surface area contributed by atoms with Crippen molar-refractivity contribution in [3.8, 4) is 0 Å². The molecule has 0 spiro atoms. The molecule has 0 bridgehead atoms. The molecule has 0 amide bonds. The molecule has 0 radical (unpaired) electrons.